The second-order valence-corrected chi connectivity index (χ2v) is 4.24. The largest absolute Gasteiger partial charge is 0.454 e. The molecule has 0 saturated heterocycles. The Labute approximate surface area is 110 Å². The fraction of sp³-hybridized carbons (Fsp3) is 0.308. The Bertz CT molecular complexity index is 568. The molecule has 6 heteroatoms. The summed E-state index contributed by atoms with van der Waals surface area (Å²) in [5, 5.41) is 4.08. The zero-order chi connectivity index (χ0) is 13.1. The number of nitrogen functional groups attached to an aromatic ring is 1. The summed E-state index contributed by atoms with van der Waals surface area (Å²) >= 11 is 0. The van der Waals surface area contributed by atoms with Crippen LogP contribution in [0, 0.1) is 0 Å². The van der Waals surface area contributed by atoms with Gasteiger partial charge >= 0.3 is 0 Å². The summed E-state index contributed by atoms with van der Waals surface area (Å²) in [7, 11) is 0. The number of aromatic nitrogens is 2. The van der Waals surface area contributed by atoms with E-state index in [1.807, 2.05) is 24.4 Å². The van der Waals surface area contributed by atoms with Gasteiger partial charge in [-0.2, -0.15) is 5.10 Å². The van der Waals surface area contributed by atoms with Crippen LogP contribution in [0.1, 0.15) is 5.56 Å². The van der Waals surface area contributed by atoms with E-state index in [4.69, 9.17) is 19.9 Å². The second-order valence-electron chi connectivity index (χ2n) is 4.24. The molecule has 0 unspecified atom stereocenters. The van der Waals surface area contributed by atoms with Crippen molar-refractivity contribution in [2.45, 2.75) is 13.2 Å². The Hall–Kier alpha value is -2.21. The van der Waals surface area contributed by atoms with Crippen molar-refractivity contribution in [3.63, 3.8) is 0 Å². The molecule has 1 aliphatic heterocycles. The lowest BCUT2D eigenvalue weighted by Gasteiger charge is -2.05. The summed E-state index contributed by atoms with van der Waals surface area (Å²) in [5.74, 6) is 2.09. The summed E-state index contributed by atoms with van der Waals surface area (Å²) in [6, 6.07) is 7.57. The maximum absolute atomic E-state index is 5.59. The first-order chi connectivity index (χ1) is 9.31. The van der Waals surface area contributed by atoms with Crippen LogP contribution < -0.4 is 15.2 Å². The topological polar surface area (TPSA) is 71.5 Å². The first-order valence-electron chi connectivity index (χ1n) is 6.06. The van der Waals surface area contributed by atoms with Crippen molar-refractivity contribution in [3.05, 3.63) is 36.0 Å². The van der Waals surface area contributed by atoms with Crippen LogP contribution >= 0.6 is 0 Å². The number of benzene rings is 1. The lowest BCUT2D eigenvalue weighted by Crippen LogP contribution is -2.07. The number of ether oxygens (including phenoxy) is 3. The van der Waals surface area contributed by atoms with Crippen molar-refractivity contribution in [1.82, 2.24) is 9.78 Å². The smallest absolute Gasteiger partial charge is 0.231 e. The molecule has 0 radical (unpaired) electrons. The number of hydrogen-bond acceptors (Lipinski definition) is 5. The van der Waals surface area contributed by atoms with Crippen molar-refractivity contribution in [2.75, 3.05) is 19.1 Å². The molecule has 0 bridgehead atoms. The summed E-state index contributed by atoms with van der Waals surface area (Å²) in [4.78, 5) is 0. The lowest BCUT2D eigenvalue weighted by molar-refractivity contribution is 0.110. The van der Waals surface area contributed by atoms with Gasteiger partial charge in [0.25, 0.3) is 0 Å². The SMILES string of the molecule is Nc1ccn(CCOCc2ccc3c(c2)OCO3)n1. The van der Waals surface area contributed by atoms with Crippen LogP contribution in [0.15, 0.2) is 30.5 Å². The van der Waals surface area contributed by atoms with Gasteiger partial charge in [0.1, 0.15) is 5.82 Å². The molecule has 0 atom stereocenters. The zero-order valence-electron chi connectivity index (χ0n) is 10.4. The van der Waals surface area contributed by atoms with Gasteiger partial charge in [0.05, 0.1) is 19.8 Å². The lowest BCUT2D eigenvalue weighted by atomic mass is 10.2. The van der Waals surface area contributed by atoms with E-state index in [0.29, 0.717) is 32.4 Å². The summed E-state index contributed by atoms with van der Waals surface area (Å²) < 4.78 is 17.9. The predicted octanol–water partition coefficient (Wildman–Crippen LogP) is 1.41. The first-order valence-corrected chi connectivity index (χ1v) is 6.06. The van der Waals surface area contributed by atoms with E-state index in [1.165, 1.54) is 0 Å². The predicted molar refractivity (Wildman–Crippen MR) is 68.9 cm³/mol. The normalized spacial score (nSPS) is 12.8. The Kier molecular flexibility index (Phi) is 3.24. The maximum Gasteiger partial charge on any atom is 0.231 e. The summed E-state index contributed by atoms with van der Waals surface area (Å²) in [6.45, 7) is 2.09. The van der Waals surface area contributed by atoms with E-state index >= 15 is 0 Å². The highest BCUT2D eigenvalue weighted by Crippen LogP contribution is 2.32. The maximum atomic E-state index is 5.59. The van der Waals surface area contributed by atoms with Gasteiger partial charge in [-0.25, -0.2) is 0 Å². The van der Waals surface area contributed by atoms with Gasteiger partial charge in [0.15, 0.2) is 11.5 Å². The highest BCUT2D eigenvalue weighted by atomic mass is 16.7. The van der Waals surface area contributed by atoms with Crippen molar-refractivity contribution in [3.8, 4) is 11.5 Å². The molecule has 2 N–H and O–H groups in total. The summed E-state index contributed by atoms with van der Waals surface area (Å²) in [6.07, 6.45) is 1.83. The molecule has 0 aliphatic carbocycles. The van der Waals surface area contributed by atoms with E-state index < -0.39 is 0 Å². The molecule has 3 rings (SSSR count). The minimum atomic E-state index is 0.292. The Morgan fingerprint density at radius 2 is 2.16 bits per heavy atom. The number of nitrogens with two attached hydrogens (primary N) is 1. The molecule has 1 aliphatic rings. The molecule has 6 nitrogen and oxygen atoms in total. The minimum absolute atomic E-state index is 0.292. The fourth-order valence-electron chi connectivity index (χ4n) is 1.88. The van der Waals surface area contributed by atoms with Gasteiger partial charge in [-0.05, 0) is 23.8 Å². The second kappa shape index (κ2) is 5.19. The van der Waals surface area contributed by atoms with Crippen LogP contribution in [-0.2, 0) is 17.9 Å². The molecule has 2 heterocycles. The van der Waals surface area contributed by atoms with Gasteiger partial charge in [-0.15, -0.1) is 0 Å². The molecule has 0 fully saturated rings. The van der Waals surface area contributed by atoms with Crippen LogP contribution in [0.25, 0.3) is 0 Å². The molecule has 0 amide bonds. The van der Waals surface area contributed by atoms with Gasteiger partial charge < -0.3 is 19.9 Å². The van der Waals surface area contributed by atoms with Crippen LogP contribution in [0.2, 0.25) is 0 Å². The molecule has 2 aromatic rings. The molecule has 0 spiro atoms. The molecule has 19 heavy (non-hydrogen) atoms. The van der Waals surface area contributed by atoms with Gasteiger partial charge in [-0.3, -0.25) is 4.68 Å². The summed E-state index contributed by atoms with van der Waals surface area (Å²) in [5.41, 5.74) is 6.59. The average Bonchev–Trinajstić information content (AvgIpc) is 3.03. The van der Waals surface area contributed by atoms with Crippen LogP contribution in [-0.4, -0.2) is 23.2 Å². The van der Waals surface area contributed by atoms with Crippen LogP contribution in [0.4, 0.5) is 5.82 Å². The Morgan fingerprint density at radius 1 is 1.26 bits per heavy atom. The standard InChI is InChI=1S/C13H15N3O3/c14-13-3-4-16(15-13)5-6-17-8-10-1-2-11-12(7-10)19-9-18-11/h1-4,7H,5-6,8-9H2,(H2,14,15). The molecule has 100 valence electrons. The van der Waals surface area contributed by atoms with Gasteiger partial charge in [0, 0.05) is 6.20 Å². The Balaban J connectivity index is 1.47. The number of nitrogens with zero attached hydrogens (tertiary/aromatic N) is 2. The molecular weight excluding hydrogens is 246 g/mol. The van der Waals surface area contributed by atoms with Crippen molar-refractivity contribution in [2.24, 2.45) is 0 Å². The molecular formula is C13H15N3O3. The Morgan fingerprint density at radius 3 is 3.00 bits per heavy atom. The van der Waals surface area contributed by atoms with Crippen LogP contribution in [0.5, 0.6) is 11.5 Å². The third-order valence-corrected chi connectivity index (χ3v) is 2.83. The van der Waals surface area contributed by atoms with E-state index in [9.17, 15) is 0 Å². The number of fused-ring (bicyclic) bond motifs is 1. The van der Waals surface area contributed by atoms with E-state index in [-0.39, 0.29) is 0 Å². The first kappa shape index (κ1) is 11.9. The monoisotopic (exact) mass is 261 g/mol. The van der Waals surface area contributed by atoms with Gasteiger partial charge in [0.2, 0.25) is 6.79 Å². The van der Waals surface area contributed by atoms with E-state index in [0.717, 1.165) is 17.1 Å². The minimum Gasteiger partial charge on any atom is -0.454 e. The van der Waals surface area contributed by atoms with Crippen molar-refractivity contribution >= 4 is 5.82 Å². The highest BCUT2D eigenvalue weighted by Gasteiger charge is 2.12. The molecule has 1 aromatic heterocycles. The van der Waals surface area contributed by atoms with Gasteiger partial charge in [-0.1, -0.05) is 6.07 Å². The van der Waals surface area contributed by atoms with E-state index in [2.05, 4.69) is 5.10 Å². The number of rotatable bonds is 5. The fourth-order valence-corrected chi connectivity index (χ4v) is 1.88. The zero-order valence-corrected chi connectivity index (χ0v) is 10.4. The third-order valence-electron chi connectivity index (χ3n) is 2.83. The number of anilines is 1. The molecule has 0 saturated carbocycles. The van der Waals surface area contributed by atoms with E-state index in [1.54, 1.807) is 10.7 Å². The highest BCUT2D eigenvalue weighted by molar-refractivity contribution is 5.44. The third kappa shape index (κ3) is 2.79. The van der Waals surface area contributed by atoms with Crippen LogP contribution in [0.3, 0.4) is 0 Å². The quantitative estimate of drug-likeness (QED) is 0.824. The number of hydrogen-bond donors (Lipinski definition) is 1. The van der Waals surface area contributed by atoms with Crippen molar-refractivity contribution < 1.29 is 14.2 Å². The average molecular weight is 261 g/mol. The van der Waals surface area contributed by atoms with Crippen molar-refractivity contribution in [1.29, 1.82) is 0 Å². The molecule has 1 aromatic carbocycles.